The number of hydrogen-bond acceptors (Lipinski definition) is 5. The van der Waals surface area contributed by atoms with Crippen molar-refractivity contribution in [2.24, 2.45) is 0 Å². The maximum atomic E-state index is 13.2. The first-order valence-corrected chi connectivity index (χ1v) is 9.97. The summed E-state index contributed by atoms with van der Waals surface area (Å²) in [7, 11) is -3.22. The molecule has 1 N–H and O–H groups in total. The predicted octanol–water partition coefficient (Wildman–Crippen LogP) is 1.34. The SMILES string of the molecule is CCC(CN1C(=O)NC(CCS(C)(=O)=O)C1=O)Oc1cccc(F)c1. The van der Waals surface area contributed by atoms with Gasteiger partial charge in [-0.25, -0.2) is 17.6 Å². The Balaban J connectivity index is 1.99. The average molecular weight is 372 g/mol. The number of imide groups is 1. The molecule has 1 fully saturated rings. The van der Waals surface area contributed by atoms with Gasteiger partial charge in [0, 0.05) is 12.3 Å². The summed E-state index contributed by atoms with van der Waals surface area (Å²) in [5.74, 6) is -0.792. The molecule has 1 aromatic carbocycles. The lowest BCUT2D eigenvalue weighted by molar-refractivity contribution is -0.128. The van der Waals surface area contributed by atoms with Crippen LogP contribution in [0.15, 0.2) is 24.3 Å². The van der Waals surface area contributed by atoms with E-state index in [2.05, 4.69) is 5.32 Å². The summed E-state index contributed by atoms with van der Waals surface area (Å²) < 4.78 is 41.3. The number of urea groups is 1. The molecule has 138 valence electrons. The van der Waals surface area contributed by atoms with Crippen molar-refractivity contribution in [1.29, 1.82) is 0 Å². The highest BCUT2D eigenvalue weighted by Gasteiger charge is 2.39. The molecule has 2 unspecified atom stereocenters. The van der Waals surface area contributed by atoms with Gasteiger partial charge in [-0.05, 0) is 25.0 Å². The first kappa shape index (κ1) is 19.2. The van der Waals surface area contributed by atoms with Gasteiger partial charge in [-0.2, -0.15) is 0 Å². The molecule has 2 atom stereocenters. The van der Waals surface area contributed by atoms with Crippen LogP contribution in [0, 0.1) is 5.82 Å². The van der Waals surface area contributed by atoms with E-state index in [1.54, 1.807) is 6.07 Å². The van der Waals surface area contributed by atoms with Crippen LogP contribution in [0.5, 0.6) is 5.75 Å². The number of halogens is 1. The number of amides is 3. The van der Waals surface area contributed by atoms with Crippen molar-refractivity contribution in [3.63, 3.8) is 0 Å². The smallest absolute Gasteiger partial charge is 0.324 e. The molecule has 7 nitrogen and oxygen atoms in total. The molecule has 0 radical (unpaired) electrons. The van der Waals surface area contributed by atoms with Crippen LogP contribution in [0.25, 0.3) is 0 Å². The second-order valence-electron chi connectivity index (χ2n) is 5.97. The van der Waals surface area contributed by atoms with Crippen molar-refractivity contribution in [2.75, 3.05) is 18.6 Å². The third-order valence-electron chi connectivity index (χ3n) is 3.82. The van der Waals surface area contributed by atoms with E-state index in [1.807, 2.05) is 6.92 Å². The van der Waals surface area contributed by atoms with E-state index < -0.39 is 39.7 Å². The number of benzene rings is 1. The van der Waals surface area contributed by atoms with E-state index in [1.165, 1.54) is 18.2 Å². The van der Waals surface area contributed by atoms with Gasteiger partial charge in [0.2, 0.25) is 0 Å². The number of sulfone groups is 1. The minimum Gasteiger partial charge on any atom is -0.488 e. The Morgan fingerprint density at radius 3 is 2.68 bits per heavy atom. The zero-order valence-electron chi connectivity index (χ0n) is 14.1. The molecule has 9 heteroatoms. The Kier molecular flexibility index (Phi) is 5.99. The summed E-state index contributed by atoms with van der Waals surface area (Å²) in [4.78, 5) is 25.3. The minimum atomic E-state index is -3.22. The topological polar surface area (TPSA) is 92.8 Å². The van der Waals surface area contributed by atoms with E-state index in [-0.39, 0.29) is 18.7 Å². The Hall–Kier alpha value is -2.16. The Morgan fingerprint density at radius 2 is 2.08 bits per heavy atom. The summed E-state index contributed by atoms with van der Waals surface area (Å²) in [6.45, 7) is 1.83. The summed E-state index contributed by atoms with van der Waals surface area (Å²) in [5, 5.41) is 2.49. The molecule has 1 aromatic rings. The summed E-state index contributed by atoms with van der Waals surface area (Å²) in [6, 6.07) is 4.18. The lowest BCUT2D eigenvalue weighted by Gasteiger charge is -2.22. The van der Waals surface area contributed by atoms with Gasteiger partial charge in [0.1, 0.15) is 33.5 Å². The molecule has 25 heavy (non-hydrogen) atoms. The van der Waals surface area contributed by atoms with Crippen LogP contribution in [0.4, 0.5) is 9.18 Å². The molecular weight excluding hydrogens is 351 g/mol. The van der Waals surface area contributed by atoms with Crippen molar-refractivity contribution in [3.05, 3.63) is 30.1 Å². The zero-order valence-corrected chi connectivity index (χ0v) is 14.9. The maximum Gasteiger partial charge on any atom is 0.324 e. The van der Waals surface area contributed by atoms with Crippen molar-refractivity contribution in [1.82, 2.24) is 10.2 Å². The highest BCUT2D eigenvalue weighted by Crippen LogP contribution is 2.18. The van der Waals surface area contributed by atoms with Crippen LogP contribution in [-0.4, -0.2) is 56.0 Å². The number of hydrogen-bond donors (Lipinski definition) is 1. The summed E-state index contributed by atoms with van der Waals surface area (Å²) in [6.07, 6.45) is 1.11. The highest BCUT2D eigenvalue weighted by molar-refractivity contribution is 7.90. The Bertz CT molecular complexity index is 753. The second kappa shape index (κ2) is 7.81. The van der Waals surface area contributed by atoms with Gasteiger partial charge in [0.25, 0.3) is 5.91 Å². The molecule has 0 saturated carbocycles. The van der Waals surface area contributed by atoms with E-state index in [4.69, 9.17) is 4.74 Å². The molecule has 0 aliphatic carbocycles. The van der Waals surface area contributed by atoms with E-state index in [9.17, 15) is 22.4 Å². The van der Waals surface area contributed by atoms with E-state index in [0.717, 1.165) is 11.2 Å². The number of nitrogens with zero attached hydrogens (tertiary/aromatic N) is 1. The van der Waals surface area contributed by atoms with Crippen molar-refractivity contribution in [2.45, 2.75) is 31.9 Å². The lowest BCUT2D eigenvalue weighted by atomic mass is 10.2. The van der Waals surface area contributed by atoms with Crippen LogP contribution in [0.2, 0.25) is 0 Å². The average Bonchev–Trinajstić information content (AvgIpc) is 2.79. The number of carbonyl (C=O) groups excluding carboxylic acids is 2. The normalized spacial score (nSPS) is 19.0. The van der Waals surface area contributed by atoms with Crippen molar-refractivity contribution in [3.8, 4) is 5.75 Å². The molecule has 1 saturated heterocycles. The molecule has 0 bridgehead atoms. The minimum absolute atomic E-state index is 0.00700. The summed E-state index contributed by atoms with van der Waals surface area (Å²) >= 11 is 0. The van der Waals surface area contributed by atoms with Crippen LogP contribution in [0.1, 0.15) is 19.8 Å². The number of rotatable bonds is 8. The van der Waals surface area contributed by atoms with E-state index >= 15 is 0 Å². The number of nitrogens with one attached hydrogen (secondary N) is 1. The molecular formula is C16H21FN2O5S. The van der Waals surface area contributed by atoms with Gasteiger partial charge in [-0.15, -0.1) is 0 Å². The maximum absolute atomic E-state index is 13.2. The second-order valence-corrected chi connectivity index (χ2v) is 8.23. The van der Waals surface area contributed by atoms with Crippen molar-refractivity contribution < 1.29 is 27.1 Å². The molecule has 1 heterocycles. The van der Waals surface area contributed by atoms with Gasteiger partial charge in [-0.3, -0.25) is 9.69 Å². The highest BCUT2D eigenvalue weighted by atomic mass is 32.2. The quantitative estimate of drug-likeness (QED) is 0.695. The molecule has 2 rings (SSSR count). The fourth-order valence-electron chi connectivity index (χ4n) is 2.46. The van der Waals surface area contributed by atoms with Gasteiger partial charge >= 0.3 is 6.03 Å². The standard InChI is InChI=1S/C16H21FN2O5S/c1-3-12(24-13-6-4-5-11(17)9-13)10-19-15(20)14(18-16(19)21)7-8-25(2,22)23/h4-6,9,12,14H,3,7-8,10H2,1-2H3,(H,18,21). The van der Waals surface area contributed by atoms with Gasteiger partial charge in [0.15, 0.2) is 0 Å². The van der Waals surface area contributed by atoms with Crippen LogP contribution in [0.3, 0.4) is 0 Å². The third-order valence-corrected chi connectivity index (χ3v) is 4.80. The Labute approximate surface area is 146 Å². The molecule has 0 spiro atoms. The molecule has 3 amide bonds. The fourth-order valence-corrected chi connectivity index (χ4v) is 3.13. The Morgan fingerprint density at radius 1 is 1.36 bits per heavy atom. The largest absolute Gasteiger partial charge is 0.488 e. The van der Waals surface area contributed by atoms with Crippen LogP contribution < -0.4 is 10.1 Å². The first-order valence-electron chi connectivity index (χ1n) is 7.91. The van der Waals surface area contributed by atoms with Crippen LogP contribution in [-0.2, 0) is 14.6 Å². The van der Waals surface area contributed by atoms with Crippen molar-refractivity contribution >= 4 is 21.8 Å². The predicted molar refractivity (Wildman–Crippen MR) is 89.5 cm³/mol. The lowest BCUT2D eigenvalue weighted by Crippen LogP contribution is -2.40. The van der Waals surface area contributed by atoms with E-state index in [0.29, 0.717) is 12.2 Å². The first-order chi connectivity index (χ1) is 11.7. The molecule has 0 aromatic heterocycles. The van der Waals surface area contributed by atoms with Gasteiger partial charge in [-0.1, -0.05) is 13.0 Å². The number of ether oxygens (including phenoxy) is 1. The summed E-state index contributed by atoms with van der Waals surface area (Å²) in [5.41, 5.74) is 0. The fraction of sp³-hybridized carbons (Fsp3) is 0.500. The monoisotopic (exact) mass is 372 g/mol. The number of carbonyl (C=O) groups is 2. The molecule has 1 aliphatic heterocycles. The molecule has 1 aliphatic rings. The van der Waals surface area contributed by atoms with Crippen LogP contribution >= 0.6 is 0 Å². The van der Waals surface area contributed by atoms with Gasteiger partial charge < -0.3 is 10.1 Å². The third kappa shape index (κ3) is 5.42. The van der Waals surface area contributed by atoms with Gasteiger partial charge in [0.05, 0.1) is 12.3 Å². The zero-order chi connectivity index (χ0) is 18.6.